The fourth-order valence-electron chi connectivity index (χ4n) is 4.83. The summed E-state index contributed by atoms with van der Waals surface area (Å²) in [7, 11) is 0. The van der Waals surface area contributed by atoms with E-state index in [0.717, 1.165) is 50.3 Å². The Bertz CT molecular complexity index is 1850. The Morgan fingerprint density at radius 2 is 1.20 bits per heavy atom. The van der Waals surface area contributed by atoms with E-state index in [1.54, 1.807) is 12.4 Å². The molecule has 0 spiro atoms. The molecule has 0 aliphatic carbocycles. The molecule has 0 bridgehead atoms. The Morgan fingerprint density at radius 1 is 0.486 bits per heavy atom. The lowest BCUT2D eigenvalue weighted by Gasteiger charge is -2.11. The summed E-state index contributed by atoms with van der Waals surface area (Å²) in [5.74, 6) is 0. The van der Waals surface area contributed by atoms with E-state index in [2.05, 4.69) is 94.3 Å². The Kier molecular flexibility index (Phi) is 4.42. The van der Waals surface area contributed by atoms with Crippen LogP contribution in [0.2, 0.25) is 0 Å². The first-order valence-corrected chi connectivity index (χ1v) is 11.6. The van der Waals surface area contributed by atoms with E-state index in [1.807, 2.05) is 24.3 Å². The van der Waals surface area contributed by atoms with Crippen LogP contribution < -0.4 is 0 Å². The van der Waals surface area contributed by atoms with Crippen LogP contribution in [0.25, 0.3) is 61.2 Å². The van der Waals surface area contributed by atoms with Crippen LogP contribution in [0.4, 0.5) is 0 Å². The third-order valence-corrected chi connectivity index (χ3v) is 6.47. The number of aromatic nitrogens is 4. The second-order valence-corrected chi connectivity index (χ2v) is 8.60. The van der Waals surface area contributed by atoms with Gasteiger partial charge in [-0.15, -0.1) is 0 Å². The monoisotopic (exact) mass is 448 g/mol. The molecule has 0 radical (unpaired) electrons. The molecule has 0 saturated carbocycles. The van der Waals surface area contributed by atoms with Crippen LogP contribution in [0.1, 0.15) is 0 Å². The molecule has 0 fully saturated rings. The average Bonchev–Trinajstić information content (AvgIpc) is 3.33. The molecule has 0 unspecified atom stereocenters. The van der Waals surface area contributed by atoms with Crippen LogP contribution in [-0.2, 0) is 0 Å². The summed E-state index contributed by atoms with van der Waals surface area (Å²) < 4.78 is 2.32. The molecule has 4 nitrogen and oxygen atoms in total. The van der Waals surface area contributed by atoms with Crippen LogP contribution in [0, 0.1) is 0 Å². The molecular weight excluding hydrogens is 428 g/mol. The van der Waals surface area contributed by atoms with Crippen LogP contribution >= 0.6 is 0 Å². The quantitative estimate of drug-likeness (QED) is 0.282. The predicted octanol–water partition coefficient (Wildman–Crippen LogP) is 7.43. The Morgan fingerprint density at radius 3 is 2.09 bits per heavy atom. The van der Waals surface area contributed by atoms with Crippen molar-refractivity contribution in [2.24, 2.45) is 0 Å². The molecule has 3 aromatic carbocycles. The molecule has 0 saturated heterocycles. The lowest BCUT2D eigenvalue weighted by Crippen LogP contribution is -1.95. The van der Waals surface area contributed by atoms with Crippen molar-refractivity contribution in [1.82, 2.24) is 19.4 Å². The van der Waals surface area contributed by atoms with Gasteiger partial charge in [-0.3, -0.25) is 4.98 Å². The predicted molar refractivity (Wildman–Crippen MR) is 142 cm³/mol. The minimum absolute atomic E-state index is 0.929. The summed E-state index contributed by atoms with van der Waals surface area (Å²) in [6.45, 7) is 0. The molecule has 7 rings (SSSR count). The van der Waals surface area contributed by atoms with E-state index in [4.69, 9.17) is 9.97 Å². The van der Waals surface area contributed by atoms with Crippen molar-refractivity contribution in [3.63, 3.8) is 0 Å². The van der Waals surface area contributed by atoms with Gasteiger partial charge in [0.15, 0.2) is 0 Å². The van der Waals surface area contributed by atoms with Gasteiger partial charge >= 0.3 is 0 Å². The number of hydrogen-bond donors (Lipinski definition) is 0. The number of benzene rings is 3. The number of rotatable bonds is 3. The van der Waals surface area contributed by atoms with Crippen molar-refractivity contribution in [2.75, 3.05) is 0 Å². The number of hydrogen-bond acceptors (Lipinski definition) is 3. The van der Waals surface area contributed by atoms with Gasteiger partial charge in [-0.1, -0.05) is 54.6 Å². The summed E-state index contributed by atoms with van der Waals surface area (Å²) in [6.07, 6.45) is 3.59. The van der Waals surface area contributed by atoms with E-state index in [9.17, 15) is 0 Å². The minimum atomic E-state index is 0.929. The fourth-order valence-corrected chi connectivity index (χ4v) is 4.83. The molecule has 0 amide bonds. The number of nitrogens with zero attached hydrogens (tertiary/aromatic N) is 4. The standard InChI is InChI=1S/C31H20N4/c1-3-13-28-23(7-1)20-30-31(34-27-10-2-4-14-29(27)35(28)30)24-9-5-8-22(19-24)26-12-6-11-25(33-26)21-15-17-32-18-16-21/h1-20H. The van der Waals surface area contributed by atoms with Crippen molar-refractivity contribution in [2.45, 2.75) is 0 Å². The van der Waals surface area contributed by atoms with Crippen molar-refractivity contribution in [3.05, 3.63) is 122 Å². The van der Waals surface area contributed by atoms with Gasteiger partial charge in [-0.05, 0) is 54.6 Å². The number of para-hydroxylation sites is 3. The third kappa shape index (κ3) is 3.27. The highest BCUT2D eigenvalue weighted by molar-refractivity contribution is 5.98. The summed E-state index contributed by atoms with van der Waals surface area (Å²) in [5.41, 5.74) is 10.4. The first kappa shape index (κ1) is 19.6. The number of fused-ring (bicyclic) bond motifs is 5. The normalized spacial score (nSPS) is 11.4. The highest BCUT2D eigenvalue weighted by Crippen LogP contribution is 2.33. The zero-order valence-electron chi connectivity index (χ0n) is 18.8. The van der Waals surface area contributed by atoms with Gasteiger partial charge in [-0.25, -0.2) is 9.97 Å². The zero-order chi connectivity index (χ0) is 23.2. The van der Waals surface area contributed by atoms with Gasteiger partial charge in [0.2, 0.25) is 0 Å². The molecule has 7 aromatic rings. The highest BCUT2D eigenvalue weighted by atomic mass is 14.9. The molecule has 4 aromatic heterocycles. The fraction of sp³-hybridized carbons (Fsp3) is 0. The van der Waals surface area contributed by atoms with Crippen molar-refractivity contribution >= 4 is 27.5 Å². The van der Waals surface area contributed by atoms with Crippen LogP contribution in [-0.4, -0.2) is 19.4 Å². The maximum absolute atomic E-state index is 5.12. The van der Waals surface area contributed by atoms with Crippen LogP contribution in [0.3, 0.4) is 0 Å². The van der Waals surface area contributed by atoms with Crippen LogP contribution in [0.5, 0.6) is 0 Å². The van der Waals surface area contributed by atoms with Crippen molar-refractivity contribution in [1.29, 1.82) is 0 Å². The zero-order valence-corrected chi connectivity index (χ0v) is 18.8. The Labute approximate surface area is 202 Å². The summed E-state index contributed by atoms with van der Waals surface area (Å²) in [4.78, 5) is 14.2. The summed E-state index contributed by atoms with van der Waals surface area (Å²) >= 11 is 0. The molecule has 164 valence electrons. The molecule has 0 atom stereocenters. The molecule has 0 aliphatic rings. The Balaban J connectivity index is 1.44. The van der Waals surface area contributed by atoms with E-state index in [1.165, 1.54) is 10.9 Å². The van der Waals surface area contributed by atoms with E-state index < -0.39 is 0 Å². The first-order valence-electron chi connectivity index (χ1n) is 11.6. The van der Waals surface area contributed by atoms with Crippen LogP contribution in [0.15, 0.2) is 122 Å². The van der Waals surface area contributed by atoms with Gasteiger partial charge in [0.1, 0.15) is 0 Å². The topological polar surface area (TPSA) is 43.1 Å². The molecule has 0 N–H and O–H groups in total. The molecule has 4 heterocycles. The third-order valence-electron chi connectivity index (χ3n) is 6.47. The average molecular weight is 449 g/mol. The SMILES string of the molecule is c1cc(-c2cccc(-c3ccncc3)n2)cc(-c2nc3ccccc3n3c2cc2ccccc23)c1. The lowest BCUT2D eigenvalue weighted by atomic mass is 10.0. The first-order chi connectivity index (χ1) is 17.3. The highest BCUT2D eigenvalue weighted by Gasteiger charge is 2.14. The minimum Gasteiger partial charge on any atom is -0.306 e. The van der Waals surface area contributed by atoms with Gasteiger partial charge in [-0.2, -0.15) is 0 Å². The van der Waals surface area contributed by atoms with Crippen molar-refractivity contribution in [3.8, 4) is 33.8 Å². The molecule has 35 heavy (non-hydrogen) atoms. The summed E-state index contributed by atoms with van der Waals surface area (Å²) in [6, 6.07) is 37.7. The maximum atomic E-state index is 5.12. The summed E-state index contributed by atoms with van der Waals surface area (Å²) in [5, 5.41) is 1.20. The van der Waals surface area contributed by atoms with Gasteiger partial charge in [0, 0.05) is 34.5 Å². The van der Waals surface area contributed by atoms with Crippen molar-refractivity contribution < 1.29 is 0 Å². The Hall–Kier alpha value is -4.83. The second-order valence-electron chi connectivity index (χ2n) is 8.60. The van der Waals surface area contributed by atoms with E-state index >= 15 is 0 Å². The lowest BCUT2D eigenvalue weighted by molar-refractivity contribution is 1.27. The molecular formula is C31H20N4. The number of pyridine rings is 2. The smallest absolute Gasteiger partial charge is 0.0951 e. The van der Waals surface area contributed by atoms with E-state index in [0.29, 0.717) is 0 Å². The molecule has 4 heteroatoms. The van der Waals surface area contributed by atoms with Gasteiger partial charge in [0.05, 0.1) is 39.1 Å². The van der Waals surface area contributed by atoms with Gasteiger partial charge < -0.3 is 4.40 Å². The van der Waals surface area contributed by atoms with Gasteiger partial charge in [0.25, 0.3) is 0 Å². The maximum Gasteiger partial charge on any atom is 0.0951 e. The van der Waals surface area contributed by atoms with E-state index in [-0.39, 0.29) is 0 Å². The largest absolute Gasteiger partial charge is 0.306 e. The molecule has 0 aliphatic heterocycles. The second kappa shape index (κ2) is 7.89.